The van der Waals surface area contributed by atoms with Crippen molar-refractivity contribution in [3.05, 3.63) is 51.9 Å². The molecule has 0 N–H and O–H groups in total. The van der Waals surface area contributed by atoms with Crippen LogP contribution in [0.25, 0.3) is 0 Å². The number of carbonyl (C=O) groups is 1. The van der Waals surface area contributed by atoms with Crippen LogP contribution in [0.5, 0.6) is 0 Å². The number of fused-ring (bicyclic) bond motifs is 1. The summed E-state index contributed by atoms with van der Waals surface area (Å²) in [5.41, 5.74) is 2.49. The van der Waals surface area contributed by atoms with E-state index in [1.54, 1.807) is 6.07 Å². The zero-order valence-electron chi connectivity index (χ0n) is 15.0. The summed E-state index contributed by atoms with van der Waals surface area (Å²) in [6.45, 7) is -0.160. The second-order valence-corrected chi connectivity index (χ2v) is 11.1. The Morgan fingerprint density at radius 1 is 1.19 bits per heavy atom. The van der Waals surface area contributed by atoms with Crippen molar-refractivity contribution in [1.82, 2.24) is 9.21 Å². The Balaban J connectivity index is 1.54. The number of benzene rings is 1. The third kappa shape index (κ3) is 3.66. The molecule has 0 saturated heterocycles. The van der Waals surface area contributed by atoms with Crippen molar-refractivity contribution in [2.24, 2.45) is 0 Å². The van der Waals surface area contributed by atoms with Crippen LogP contribution in [-0.2, 0) is 21.2 Å². The molecule has 1 aromatic carbocycles. The SMILES string of the molecule is CN(CC(=O)N(C1CC1)C1CCc2ccccc21)S(=O)(=O)c1ccc(Cl)s1. The number of sulfonamides is 1. The van der Waals surface area contributed by atoms with Gasteiger partial charge in [-0.1, -0.05) is 35.9 Å². The first kappa shape index (κ1) is 18.9. The van der Waals surface area contributed by atoms with Crippen LogP contribution in [0.3, 0.4) is 0 Å². The number of hydrogen-bond donors (Lipinski definition) is 0. The third-order valence-electron chi connectivity index (χ3n) is 5.24. The molecule has 2 aliphatic rings. The lowest BCUT2D eigenvalue weighted by Gasteiger charge is -2.31. The van der Waals surface area contributed by atoms with Gasteiger partial charge in [-0.05, 0) is 48.9 Å². The number of rotatable bonds is 6. The number of amides is 1. The minimum Gasteiger partial charge on any atom is -0.332 e. The van der Waals surface area contributed by atoms with E-state index in [0.717, 1.165) is 41.3 Å². The molecule has 1 fully saturated rings. The van der Waals surface area contributed by atoms with E-state index in [1.165, 1.54) is 24.2 Å². The molecule has 0 spiro atoms. The molecule has 2 aliphatic carbocycles. The second-order valence-electron chi connectivity index (χ2n) is 7.11. The van der Waals surface area contributed by atoms with Gasteiger partial charge in [0, 0.05) is 13.1 Å². The fourth-order valence-corrected chi connectivity index (χ4v) is 6.57. The Hall–Kier alpha value is -1.41. The van der Waals surface area contributed by atoms with Crippen LogP contribution >= 0.6 is 22.9 Å². The van der Waals surface area contributed by atoms with E-state index < -0.39 is 10.0 Å². The lowest BCUT2D eigenvalue weighted by molar-refractivity contribution is -0.134. The van der Waals surface area contributed by atoms with E-state index in [-0.39, 0.29) is 28.7 Å². The van der Waals surface area contributed by atoms with Gasteiger partial charge in [-0.3, -0.25) is 4.79 Å². The topological polar surface area (TPSA) is 57.7 Å². The summed E-state index contributed by atoms with van der Waals surface area (Å²) in [7, 11) is -2.26. The van der Waals surface area contributed by atoms with E-state index in [2.05, 4.69) is 12.1 Å². The molecule has 144 valence electrons. The van der Waals surface area contributed by atoms with Crippen LogP contribution in [0.1, 0.15) is 36.4 Å². The van der Waals surface area contributed by atoms with Crippen LogP contribution in [0, 0.1) is 0 Å². The molecular weight excluding hydrogens is 404 g/mol. The molecule has 1 saturated carbocycles. The van der Waals surface area contributed by atoms with Gasteiger partial charge in [0.05, 0.1) is 16.9 Å². The fourth-order valence-electron chi connectivity index (χ4n) is 3.76. The molecule has 1 atom stereocenters. The third-order valence-corrected chi connectivity index (χ3v) is 8.74. The molecule has 1 unspecified atom stereocenters. The molecule has 4 rings (SSSR count). The predicted octanol–water partition coefficient (Wildman–Crippen LogP) is 3.70. The van der Waals surface area contributed by atoms with Crippen LogP contribution in [0.15, 0.2) is 40.6 Å². The van der Waals surface area contributed by atoms with Gasteiger partial charge in [-0.25, -0.2) is 8.42 Å². The molecule has 27 heavy (non-hydrogen) atoms. The number of thiophene rings is 1. The summed E-state index contributed by atoms with van der Waals surface area (Å²) in [5.74, 6) is -0.132. The van der Waals surface area contributed by atoms with Gasteiger partial charge in [0.25, 0.3) is 10.0 Å². The molecule has 1 heterocycles. The van der Waals surface area contributed by atoms with Crippen molar-refractivity contribution in [1.29, 1.82) is 0 Å². The number of halogens is 1. The Morgan fingerprint density at radius 2 is 1.93 bits per heavy atom. The van der Waals surface area contributed by atoms with Crippen molar-refractivity contribution in [2.45, 2.75) is 42.0 Å². The summed E-state index contributed by atoms with van der Waals surface area (Å²) in [6.07, 6.45) is 3.83. The monoisotopic (exact) mass is 424 g/mol. The van der Waals surface area contributed by atoms with Crippen LogP contribution in [-0.4, -0.2) is 43.2 Å². The molecule has 5 nitrogen and oxygen atoms in total. The molecule has 1 aromatic heterocycles. The highest BCUT2D eigenvalue weighted by atomic mass is 35.5. The largest absolute Gasteiger partial charge is 0.332 e. The number of likely N-dealkylation sites (N-methyl/N-ethyl adjacent to an activating group) is 1. The maximum absolute atomic E-state index is 13.1. The zero-order valence-corrected chi connectivity index (χ0v) is 17.4. The number of aryl methyl sites for hydroxylation is 1. The summed E-state index contributed by atoms with van der Waals surface area (Å²) in [4.78, 5) is 15.0. The van der Waals surface area contributed by atoms with Crippen LogP contribution in [0.2, 0.25) is 4.34 Å². The van der Waals surface area contributed by atoms with Gasteiger partial charge in [0.2, 0.25) is 5.91 Å². The van der Waals surface area contributed by atoms with Gasteiger partial charge in [-0.2, -0.15) is 4.31 Å². The van der Waals surface area contributed by atoms with E-state index in [0.29, 0.717) is 4.34 Å². The lowest BCUT2D eigenvalue weighted by Crippen LogP contribution is -2.43. The summed E-state index contributed by atoms with van der Waals surface area (Å²) >= 11 is 6.88. The highest BCUT2D eigenvalue weighted by Crippen LogP contribution is 2.42. The van der Waals surface area contributed by atoms with E-state index in [4.69, 9.17) is 11.6 Å². The fraction of sp³-hybridized carbons (Fsp3) is 0.421. The standard InChI is InChI=1S/C19H21ClN2O3S2/c1-21(27(24,25)19-11-10-17(20)26-19)12-18(23)22(14-7-8-14)16-9-6-13-4-2-3-5-15(13)16/h2-5,10-11,14,16H,6-9,12H2,1H3. The highest BCUT2D eigenvalue weighted by Gasteiger charge is 2.41. The van der Waals surface area contributed by atoms with Crippen molar-refractivity contribution in [3.8, 4) is 0 Å². The number of carbonyl (C=O) groups excluding carboxylic acids is 1. The van der Waals surface area contributed by atoms with Gasteiger partial charge in [-0.15, -0.1) is 11.3 Å². The van der Waals surface area contributed by atoms with E-state index >= 15 is 0 Å². The smallest absolute Gasteiger partial charge is 0.252 e. The first-order valence-corrected chi connectivity index (χ1v) is 11.6. The summed E-state index contributed by atoms with van der Waals surface area (Å²) in [5, 5.41) is 0. The first-order chi connectivity index (χ1) is 12.9. The maximum atomic E-state index is 13.1. The van der Waals surface area contributed by atoms with E-state index in [1.807, 2.05) is 17.0 Å². The Labute approximate surface area is 168 Å². The normalized spacial score (nSPS) is 19.3. The second kappa shape index (κ2) is 7.20. The van der Waals surface area contributed by atoms with Gasteiger partial charge >= 0.3 is 0 Å². The van der Waals surface area contributed by atoms with Gasteiger partial charge in [0.15, 0.2) is 0 Å². The van der Waals surface area contributed by atoms with Gasteiger partial charge < -0.3 is 4.90 Å². The van der Waals surface area contributed by atoms with Gasteiger partial charge in [0.1, 0.15) is 4.21 Å². The van der Waals surface area contributed by atoms with Crippen LogP contribution in [0.4, 0.5) is 0 Å². The highest BCUT2D eigenvalue weighted by molar-refractivity contribution is 7.91. The molecular formula is C19H21ClN2O3S2. The number of hydrogen-bond acceptors (Lipinski definition) is 4. The zero-order chi connectivity index (χ0) is 19.2. The van der Waals surface area contributed by atoms with Crippen molar-refractivity contribution in [3.63, 3.8) is 0 Å². The molecule has 8 heteroatoms. The van der Waals surface area contributed by atoms with Crippen molar-refractivity contribution < 1.29 is 13.2 Å². The maximum Gasteiger partial charge on any atom is 0.252 e. The summed E-state index contributed by atoms with van der Waals surface area (Å²) < 4.78 is 27.1. The summed E-state index contributed by atoms with van der Waals surface area (Å²) in [6, 6.07) is 11.5. The molecule has 0 aliphatic heterocycles. The molecule has 0 radical (unpaired) electrons. The quantitative estimate of drug-likeness (QED) is 0.710. The minimum absolute atomic E-state index is 0.0495. The minimum atomic E-state index is -3.72. The first-order valence-electron chi connectivity index (χ1n) is 8.98. The average Bonchev–Trinajstić information content (AvgIpc) is 3.22. The Kier molecular flexibility index (Phi) is 5.05. The van der Waals surface area contributed by atoms with Crippen LogP contribution < -0.4 is 0 Å². The van der Waals surface area contributed by atoms with Crippen molar-refractivity contribution in [2.75, 3.05) is 13.6 Å². The molecule has 0 bridgehead atoms. The lowest BCUT2D eigenvalue weighted by atomic mass is 10.1. The Morgan fingerprint density at radius 3 is 2.59 bits per heavy atom. The Bertz CT molecular complexity index is 969. The average molecular weight is 425 g/mol. The molecule has 2 aromatic rings. The van der Waals surface area contributed by atoms with E-state index in [9.17, 15) is 13.2 Å². The van der Waals surface area contributed by atoms with Crippen molar-refractivity contribution >= 4 is 38.9 Å². The molecule has 1 amide bonds. The predicted molar refractivity (Wildman–Crippen MR) is 107 cm³/mol. The number of nitrogens with zero attached hydrogens (tertiary/aromatic N) is 2.